The summed E-state index contributed by atoms with van der Waals surface area (Å²) in [6, 6.07) is 13.1. The molecule has 0 unspecified atom stereocenters. The number of methoxy groups -OCH3 is 1. The van der Waals surface area contributed by atoms with Gasteiger partial charge in [0.1, 0.15) is 30.5 Å². The molecule has 2 rings (SSSR count). The molecule has 0 atom stereocenters. The Kier molecular flexibility index (Phi) is 6.21. The lowest BCUT2D eigenvalue weighted by Crippen LogP contribution is -2.09. The van der Waals surface area contributed by atoms with E-state index in [1.54, 1.807) is 7.11 Å². The fourth-order valence-electron chi connectivity index (χ4n) is 1.79. The van der Waals surface area contributed by atoms with Gasteiger partial charge in [0.05, 0.1) is 7.11 Å². The molecule has 3 nitrogen and oxygen atoms in total. The number of hydrogen-bond acceptors (Lipinski definition) is 3. The third-order valence-corrected chi connectivity index (χ3v) is 3.79. The van der Waals surface area contributed by atoms with Crippen LogP contribution in [0.5, 0.6) is 17.2 Å². The minimum Gasteiger partial charge on any atom is -0.497 e. The monoisotopic (exact) mass is 370 g/mol. The molecule has 2 aromatic carbocycles. The highest BCUT2D eigenvalue weighted by Gasteiger charge is 2.06. The van der Waals surface area contributed by atoms with Crippen molar-refractivity contribution < 1.29 is 14.2 Å². The Hall–Kier alpha value is -1.39. The first kappa shape index (κ1) is 16.0. The molecule has 112 valence electrons. The summed E-state index contributed by atoms with van der Waals surface area (Å²) in [6.45, 7) is 0.910. The molecule has 0 aliphatic rings. The molecular weight excluding hydrogens is 356 g/mol. The maximum absolute atomic E-state index is 6.11. The van der Waals surface area contributed by atoms with E-state index in [1.807, 2.05) is 42.5 Å². The van der Waals surface area contributed by atoms with Crippen LogP contribution in [0.4, 0.5) is 0 Å². The Balaban J connectivity index is 1.83. The lowest BCUT2D eigenvalue weighted by atomic mass is 10.2. The van der Waals surface area contributed by atoms with Crippen LogP contribution in [-0.4, -0.2) is 20.3 Å². The molecule has 5 heteroatoms. The highest BCUT2D eigenvalue weighted by Crippen LogP contribution is 2.28. The van der Waals surface area contributed by atoms with E-state index in [9.17, 15) is 0 Å². The van der Waals surface area contributed by atoms with Gasteiger partial charge < -0.3 is 14.2 Å². The van der Waals surface area contributed by atoms with Gasteiger partial charge in [-0.3, -0.25) is 0 Å². The maximum atomic E-state index is 6.11. The number of halogens is 2. The van der Waals surface area contributed by atoms with Crippen LogP contribution in [0.15, 0.2) is 42.5 Å². The van der Waals surface area contributed by atoms with E-state index >= 15 is 0 Å². The van der Waals surface area contributed by atoms with Crippen molar-refractivity contribution in [1.82, 2.24) is 0 Å². The van der Waals surface area contributed by atoms with Gasteiger partial charge in [0.25, 0.3) is 0 Å². The average Bonchev–Trinajstić information content (AvgIpc) is 2.52. The predicted molar refractivity (Wildman–Crippen MR) is 88.1 cm³/mol. The summed E-state index contributed by atoms with van der Waals surface area (Å²) in [7, 11) is 1.64. The van der Waals surface area contributed by atoms with Crippen LogP contribution in [-0.2, 0) is 5.33 Å². The molecule has 0 radical (unpaired) electrons. The van der Waals surface area contributed by atoms with E-state index in [1.165, 1.54) is 0 Å². The van der Waals surface area contributed by atoms with E-state index in [0.29, 0.717) is 23.6 Å². The molecule has 0 spiro atoms. The molecule has 0 heterocycles. The van der Waals surface area contributed by atoms with Crippen molar-refractivity contribution in [3.05, 3.63) is 53.1 Å². The fourth-order valence-corrected chi connectivity index (χ4v) is 2.76. The standard InChI is InChI=1S/C16H16BrClO3/c1-19-12-5-7-13(8-6-12)20-9-10-21-16-4-2-3-15(18)14(16)11-17/h2-8H,9-11H2,1H3. The molecule has 2 aromatic rings. The molecule has 0 aliphatic carbocycles. The predicted octanol–water partition coefficient (Wildman–Crippen LogP) is 4.70. The first-order valence-corrected chi connectivity index (χ1v) is 7.97. The average molecular weight is 372 g/mol. The van der Waals surface area contributed by atoms with Crippen LogP contribution in [0, 0.1) is 0 Å². The summed E-state index contributed by atoms with van der Waals surface area (Å²) in [4.78, 5) is 0. The van der Waals surface area contributed by atoms with Gasteiger partial charge in [0, 0.05) is 15.9 Å². The number of benzene rings is 2. The molecule has 0 amide bonds. The van der Waals surface area contributed by atoms with Gasteiger partial charge in [-0.05, 0) is 36.4 Å². The van der Waals surface area contributed by atoms with Crippen molar-refractivity contribution in [2.75, 3.05) is 20.3 Å². The van der Waals surface area contributed by atoms with Gasteiger partial charge >= 0.3 is 0 Å². The minimum absolute atomic E-state index is 0.451. The van der Waals surface area contributed by atoms with Gasteiger partial charge in [-0.15, -0.1) is 0 Å². The number of hydrogen-bond donors (Lipinski definition) is 0. The van der Waals surface area contributed by atoms with Crippen LogP contribution >= 0.6 is 27.5 Å². The molecule has 0 fully saturated rings. The second-order valence-corrected chi connectivity index (χ2v) is 5.19. The van der Waals surface area contributed by atoms with Crippen molar-refractivity contribution in [3.63, 3.8) is 0 Å². The van der Waals surface area contributed by atoms with E-state index in [0.717, 1.165) is 22.8 Å². The SMILES string of the molecule is COc1ccc(OCCOc2cccc(Cl)c2CBr)cc1. The molecular formula is C16H16BrClO3. The number of rotatable bonds is 7. The summed E-state index contributed by atoms with van der Waals surface area (Å²) in [5, 5.41) is 1.35. The van der Waals surface area contributed by atoms with E-state index in [-0.39, 0.29) is 0 Å². The van der Waals surface area contributed by atoms with E-state index in [4.69, 9.17) is 25.8 Å². The smallest absolute Gasteiger partial charge is 0.125 e. The Bertz CT molecular complexity index is 572. The Morgan fingerprint density at radius 2 is 1.62 bits per heavy atom. The van der Waals surface area contributed by atoms with Crippen LogP contribution < -0.4 is 14.2 Å². The van der Waals surface area contributed by atoms with Crippen molar-refractivity contribution in [2.24, 2.45) is 0 Å². The molecule has 0 N–H and O–H groups in total. The van der Waals surface area contributed by atoms with Gasteiger partial charge in [-0.1, -0.05) is 33.6 Å². The van der Waals surface area contributed by atoms with Crippen molar-refractivity contribution in [2.45, 2.75) is 5.33 Å². The zero-order valence-corrected chi connectivity index (χ0v) is 14.0. The Morgan fingerprint density at radius 3 is 2.29 bits per heavy atom. The van der Waals surface area contributed by atoms with Crippen LogP contribution in [0.25, 0.3) is 0 Å². The number of ether oxygens (including phenoxy) is 3. The zero-order valence-electron chi connectivity index (χ0n) is 11.6. The van der Waals surface area contributed by atoms with Gasteiger partial charge in [0.2, 0.25) is 0 Å². The maximum Gasteiger partial charge on any atom is 0.125 e. The van der Waals surface area contributed by atoms with Crippen molar-refractivity contribution >= 4 is 27.5 Å². The van der Waals surface area contributed by atoms with Crippen LogP contribution in [0.3, 0.4) is 0 Å². The van der Waals surface area contributed by atoms with Crippen LogP contribution in [0.1, 0.15) is 5.56 Å². The first-order valence-electron chi connectivity index (χ1n) is 6.47. The lowest BCUT2D eigenvalue weighted by molar-refractivity contribution is 0.216. The quantitative estimate of drug-likeness (QED) is 0.521. The van der Waals surface area contributed by atoms with Crippen molar-refractivity contribution in [3.8, 4) is 17.2 Å². The molecule has 0 saturated carbocycles. The first-order chi connectivity index (χ1) is 10.2. The third kappa shape index (κ3) is 4.55. The molecule has 0 aliphatic heterocycles. The molecule has 0 saturated heterocycles. The zero-order chi connectivity index (χ0) is 15.1. The second-order valence-electron chi connectivity index (χ2n) is 4.22. The summed E-state index contributed by atoms with van der Waals surface area (Å²) >= 11 is 9.52. The summed E-state index contributed by atoms with van der Waals surface area (Å²) in [5.74, 6) is 2.36. The van der Waals surface area contributed by atoms with Crippen LogP contribution in [0.2, 0.25) is 5.02 Å². The Labute approximate surface area is 137 Å². The van der Waals surface area contributed by atoms with Gasteiger partial charge in [-0.2, -0.15) is 0 Å². The molecule has 0 bridgehead atoms. The topological polar surface area (TPSA) is 27.7 Å². The van der Waals surface area contributed by atoms with E-state index in [2.05, 4.69) is 15.9 Å². The minimum atomic E-state index is 0.451. The van der Waals surface area contributed by atoms with Crippen molar-refractivity contribution in [1.29, 1.82) is 0 Å². The molecule has 21 heavy (non-hydrogen) atoms. The highest BCUT2D eigenvalue weighted by molar-refractivity contribution is 9.08. The lowest BCUT2D eigenvalue weighted by Gasteiger charge is -2.12. The van der Waals surface area contributed by atoms with Gasteiger partial charge in [-0.25, -0.2) is 0 Å². The van der Waals surface area contributed by atoms with E-state index < -0.39 is 0 Å². The second kappa shape index (κ2) is 8.15. The third-order valence-electron chi connectivity index (χ3n) is 2.88. The fraction of sp³-hybridized carbons (Fsp3) is 0.250. The largest absolute Gasteiger partial charge is 0.497 e. The summed E-state index contributed by atoms with van der Waals surface area (Å²) in [5.41, 5.74) is 0.948. The number of alkyl halides is 1. The normalized spacial score (nSPS) is 10.2. The highest BCUT2D eigenvalue weighted by atomic mass is 79.9. The Morgan fingerprint density at radius 1 is 0.952 bits per heavy atom. The van der Waals surface area contributed by atoms with Gasteiger partial charge in [0.15, 0.2) is 0 Å². The summed E-state index contributed by atoms with van der Waals surface area (Å²) < 4.78 is 16.4. The summed E-state index contributed by atoms with van der Waals surface area (Å²) in [6.07, 6.45) is 0. The molecule has 0 aromatic heterocycles.